The van der Waals surface area contributed by atoms with Gasteiger partial charge in [-0.3, -0.25) is 0 Å². The minimum atomic E-state index is 1.16. The molecule has 0 saturated carbocycles. The van der Waals surface area contributed by atoms with Gasteiger partial charge in [0.2, 0.25) is 0 Å². The highest BCUT2D eigenvalue weighted by atomic mass is 32.2. The maximum atomic E-state index is 2.42. The van der Waals surface area contributed by atoms with Crippen LogP contribution in [-0.4, -0.2) is 12.4 Å². The van der Waals surface area contributed by atoms with Gasteiger partial charge < -0.3 is 0 Å². The zero-order chi connectivity index (χ0) is 9.94. The molecule has 2 heteroatoms. The maximum absolute atomic E-state index is 2.42. The minimum absolute atomic E-state index is 1.16. The van der Waals surface area contributed by atoms with Crippen LogP contribution in [0.15, 0.2) is 30.3 Å². The lowest BCUT2D eigenvalue weighted by molar-refractivity contribution is 1.10. The summed E-state index contributed by atoms with van der Waals surface area (Å²) in [5.41, 5.74) is 1.44. The lowest BCUT2D eigenvalue weighted by atomic mass is 10.2. The van der Waals surface area contributed by atoms with Crippen molar-refractivity contribution in [3.63, 3.8) is 0 Å². The third kappa shape index (κ3) is 7.10. The van der Waals surface area contributed by atoms with E-state index < -0.39 is 0 Å². The molecule has 1 atom stereocenters. The Labute approximate surface area is 88.7 Å². The first-order chi connectivity index (χ1) is 6.43. The van der Waals surface area contributed by atoms with E-state index in [1.807, 2.05) is 18.4 Å². The van der Waals surface area contributed by atoms with Crippen LogP contribution in [-0.2, 0) is 5.75 Å². The van der Waals surface area contributed by atoms with E-state index in [0.717, 1.165) is 5.75 Å². The van der Waals surface area contributed by atoms with Crippen molar-refractivity contribution in [2.24, 2.45) is 0 Å². The molecular weight excluding hydrogens is 195 g/mol. The second kappa shape index (κ2) is 10.1. The zero-order valence-electron chi connectivity index (χ0n) is 8.49. The van der Waals surface area contributed by atoms with Crippen LogP contribution in [0.5, 0.6) is 0 Å². The predicted octanol–water partition coefficient (Wildman–Crippen LogP) is 3.82. The van der Waals surface area contributed by atoms with E-state index in [1.54, 1.807) is 0 Å². The lowest BCUT2D eigenvalue weighted by Gasteiger charge is -1.98. The van der Waals surface area contributed by atoms with Crippen LogP contribution in [0.2, 0.25) is 0 Å². The average molecular weight is 214 g/mol. The molecule has 0 aliphatic heterocycles. The van der Waals surface area contributed by atoms with E-state index in [4.69, 9.17) is 0 Å². The molecule has 0 fully saturated rings. The lowest BCUT2D eigenvalue weighted by Crippen LogP contribution is -1.80. The van der Waals surface area contributed by atoms with E-state index in [1.165, 1.54) is 17.7 Å². The summed E-state index contributed by atoms with van der Waals surface area (Å²) in [5, 5.41) is 0. The topological polar surface area (TPSA) is 0 Å². The molecule has 1 rings (SSSR count). The number of rotatable bonds is 4. The molecule has 0 bridgehead atoms. The molecule has 0 amide bonds. The molecule has 0 aromatic heterocycles. The summed E-state index contributed by atoms with van der Waals surface area (Å²) in [6, 6.07) is 10.6. The Morgan fingerprint density at radius 3 is 2.31 bits per heavy atom. The highest BCUT2D eigenvalue weighted by Crippen LogP contribution is 2.11. The van der Waals surface area contributed by atoms with Gasteiger partial charge in [0.25, 0.3) is 0 Å². The fourth-order valence-corrected chi connectivity index (χ4v) is 1.77. The first-order valence-electron chi connectivity index (χ1n) is 4.63. The van der Waals surface area contributed by atoms with Crippen LogP contribution in [0.3, 0.4) is 0 Å². The number of thioether (sulfide) groups is 1. The van der Waals surface area contributed by atoms with E-state index in [9.17, 15) is 0 Å². The van der Waals surface area contributed by atoms with Gasteiger partial charge in [-0.25, -0.2) is 0 Å². The van der Waals surface area contributed by atoms with Gasteiger partial charge in [-0.2, -0.15) is 11.8 Å². The molecule has 0 radical (unpaired) electrons. The van der Waals surface area contributed by atoms with Gasteiger partial charge in [0.15, 0.2) is 0 Å². The SMILES string of the molecule is CCCSCc1ccccc1.CP. The normalized spacial score (nSPS) is 8.85. The Hall–Kier alpha value is -0.0000000000000000555. The molecule has 0 aliphatic carbocycles. The maximum Gasteiger partial charge on any atom is 0.0184 e. The van der Waals surface area contributed by atoms with E-state index in [0.29, 0.717) is 0 Å². The first-order valence-corrected chi connectivity index (χ1v) is 6.94. The van der Waals surface area contributed by atoms with Crippen molar-refractivity contribution in [2.75, 3.05) is 12.4 Å². The highest BCUT2D eigenvalue weighted by Gasteiger charge is 1.89. The second-order valence-corrected chi connectivity index (χ2v) is 3.64. The van der Waals surface area contributed by atoms with Crippen LogP contribution in [0.4, 0.5) is 0 Å². The average Bonchev–Trinajstić information content (AvgIpc) is 2.23. The molecule has 1 unspecified atom stereocenters. The van der Waals surface area contributed by atoms with Crippen LogP contribution < -0.4 is 0 Å². The second-order valence-electron chi connectivity index (χ2n) is 2.54. The Kier molecular flexibility index (Phi) is 10.1. The Morgan fingerprint density at radius 2 is 1.77 bits per heavy atom. The monoisotopic (exact) mass is 214 g/mol. The smallest absolute Gasteiger partial charge is 0.0184 e. The van der Waals surface area contributed by atoms with E-state index >= 15 is 0 Å². The molecule has 1 aromatic rings. The molecule has 74 valence electrons. The zero-order valence-corrected chi connectivity index (χ0v) is 10.5. The summed E-state index contributed by atoms with van der Waals surface area (Å²) in [4.78, 5) is 0. The fourth-order valence-electron chi connectivity index (χ4n) is 0.909. The molecule has 0 nitrogen and oxygen atoms in total. The van der Waals surface area contributed by atoms with E-state index in [2.05, 4.69) is 46.5 Å². The molecule has 1 aromatic carbocycles. The predicted molar refractivity (Wildman–Crippen MR) is 68.5 cm³/mol. The molecule has 0 heterocycles. The molecule has 13 heavy (non-hydrogen) atoms. The number of hydrogen-bond donors (Lipinski definition) is 0. The van der Waals surface area contributed by atoms with Gasteiger partial charge in [0, 0.05) is 5.75 Å². The summed E-state index contributed by atoms with van der Waals surface area (Å²) < 4.78 is 0. The quantitative estimate of drug-likeness (QED) is 0.542. The number of hydrogen-bond acceptors (Lipinski definition) is 1. The van der Waals surface area contributed by atoms with Crippen molar-refractivity contribution in [2.45, 2.75) is 19.1 Å². The summed E-state index contributed by atoms with van der Waals surface area (Å²) in [5.74, 6) is 2.43. The van der Waals surface area contributed by atoms with Crippen molar-refractivity contribution in [3.05, 3.63) is 35.9 Å². The van der Waals surface area contributed by atoms with Crippen molar-refractivity contribution in [1.29, 1.82) is 0 Å². The Bertz CT molecular complexity index is 187. The Morgan fingerprint density at radius 1 is 1.15 bits per heavy atom. The van der Waals surface area contributed by atoms with Crippen LogP contribution in [0.25, 0.3) is 0 Å². The summed E-state index contributed by atoms with van der Waals surface area (Å²) in [6.07, 6.45) is 1.28. The van der Waals surface area contributed by atoms with Gasteiger partial charge in [-0.15, -0.1) is 9.24 Å². The minimum Gasteiger partial charge on any atom is -0.157 e. The molecule has 0 spiro atoms. The van der Waals surface area contributed by atoms with Crippen LogP contribution in [0, 0.1) is 0 Å². The first kappa shape index (κ1) is 13.0. The van der Waals surface area contributed by atoms with E-state index in [-0.39, 0.29) is 0 Å². The summed E-state index contributed by atoms with van der Waals surface area (Å²) in [7, 11) is 2.42. The van der Waals surface area contributed by atoms with Crippen molar-refractivity contribution >= 4 is 21.0 Å². The van der Waals surface area contributed by atoms with Crippen molar-refractivity contribution in [3.8, 4) is 0 Å². The molecule has 0 aliphatic rings. The van der Waals surface area contributed by atoms with Crippen molar-refractivity contribution < 1.29 is 0 Å². The third-order valence-corrected chi connectivity index (χ3v) is 2.69. The van der Waals surface area contributed by atoms with Gasteiger partial charge >= 0.3 is 0 Å². The van der Waals surface area contributed by atoms with Crippen LogP contribution in [0.1, 0.15) is 18.9 Å². The standard InChI is InChI=1S/C10H14S.CH5P/c1-2-8-11-9-10-6-4-3-5-7-10;1-2/h3-7H,2,8-9H2,1H3;2H2,1H3. The fraction of sp³-hybridized carbons (Fsp3) is 0.455. The van der Waals surface area contributed by atoms with Gasteiger partial charge in [-0.1, -0.05) is 43.9 Å². The molecule has 0 N–H and O–H groups in total. The van der Waals surface area contributed by atoms with Crippen molar-refractivity contribution in [1.82, 2.24) is 0 Å². The molecule has 0 saturated heterocycles. The largest absolute Gasteiger partial charge is 0.157 e. The van der Waals surface area contributed by atoms with Gasteiger partial charge in [0.05, 0.1) is 0 Å². The highest BCUT2D eigenvalue weighted by molar-refractivity contribution is 7.98. The van der Waals surface area contributed by atoms with Gasteiger partial charge in [0.1, 0.15) is 0 Å². The molecular formula is C11H19PS. The third-order valence-electron chi connectivity index (χ3n) is 1.46. The summed E-state index contributed by atoms with van der Waals surface area (Å²) in [6.45, 7) is 4.14. The number of benzene rings is 1. The summed E-state index contributed by atoms with van der Waals surface area (Å²) >= 11 is 2.01. The van der Waals surface area contributed by atoms with Crippen LogP contribution >= 0.6 is 21.0 Å². The van der Waals surface area contributed by atoms with Gasteiger partial charge in [-0.05, 0) is 17.7 Å². The Balaban J connectivity index is 0.000000671.